The molecule has 0 saturated carbocycles. The standard InChI is InChI=1S/C18H19BClF2NO4S/c1-17(2)18(3,4)27-19(26-17)11-9-14(22)15(10-13(11)21)23-28(24,25)16-8-6-5-7-12(16)20/h5-10,23H,1-4H3. The zero-order valence-electron chi connectivity index (χ0n) is 15.7. The molecule has 0 aromatic heterocycles. The number of anilines is 1. The van der Waals surface area contributed by atoms with E-state index in [1.54, 1.807) is 33.8 Å². The molecule has 1 saturated heterocycles. The summed E-state index contributed by atoms with van der Waals surface area (Å²) in [5.74, 6) is -1.83. The van der Waals surface area contributed by atoms with Crippen LogP contribution in [0.3, 0.4) is 0 Å². The second-order valence-electron chi connectivity index (χ2n) is 7.48. The van der Waals surface area contributed by atoms with E-state index in [9.17, 15) is 17.2 Å². The van der Waals surface area contributed by atoms with Gasteiger partial charge in [-0.05, 0) is 45.9 Å². The van der Waals surface area contributed by atoms with Crippen LogP contribution >= 0.6 is 11.6 Å². The van der Waals surface area contributed by atoms with Gasteiger partial charge in [-0.15, -0.1) is 0 Å². The fourth-order valence-electron chi connectivity index (χ4n) is 2.65. The predicted molar refractivity (Wildman–Crippen MR) is 104 cm³/mol. The molecule has 10 heteroatoms. The minimum absolute atomic E-state index is 0.0373. The van der Waals surface area contributed by atoms with Crippen molar-refractivity contribution >= 4 is 39.9 Å². The third-order valence-electron chi connectivity index (χ3n) is 4.96. The zero-order valence-corrected chi connectivity index (χ0v) is 17.3. The number of sulfonamides is 1. The zero-order chi connectivity index (χ0) is 20.9. The maximum Gasteiger partial charge on any atom is 0.497 e. The minimum atomic E-state index is -4.20. The fraction of sp³-hybridized carbons (Fsp3) is 0.333. The minimum Gasteiger partial charge on any atom is -0.399 e. The van der Waals surface area contributed by atoms with Gasteiger partial charge in [0, 0.05) is 11.5 Å². The Morgan fingerprint density at radius 3 is 2.14 bits per heavy atom. The number of benzene rings is 2. The first-order chi connectivity index (χ1) is 12.8. The van der Waals surface area contributed by atoms with E-state index >= 15 is 0 Å². The Morgan fingerprint density at radius 2 is 1.57 bits per heavy atom. The van der Waals surface area contributed by atoms with E-state index in [-0.39, 0.29) is 15.4 Å². The van der Waals surface area contributed by atoms with Crippen LogP contribution in [-0.2, 0) is 19.3 Å². The lowest BCUT2D eigenvalue weighted by molar-refractivity contribution is 0.00578. The Morgan fingerprint density at radius 1 is 1.00 bits per heavy atom. The van der Waals surface area contributed by atoms with Gasteiger partial charge < -0.3 is 9.31 Å². The van der Waals surface area contributed by atoms with Crippen LogP contribution < -0.4 is 10.2 Å². The normalized spacial score (nSPS) is 18.3. The van der Waals surface area contributed by atoms with Crippen molar-refractivity contribution in [1.82, 2.24) is 0 Å². The van der Waals surface area contributed by atoms with Gasteiger partial charge in [0.15, 0.2) is 0 Å². The summed E-state index contributed by atoms with van der Waals surface area (Å²) >= 11 is 5.89. The number of rotatable bonds is 4. The summed E-state index contributed by atoms with van der Waals surface area (Å²) in [6.45, 7) is 7.14. The molecule has 0 unspecified atom stereocenters. The highest BCUT2D eigenvalue weighted by Gasteiger charge is 2.52. The lowest BCUT2D eigenvalue weighted by Crippen LogP contribution is -2.41. The van der Waals surface area contributed by atoms with Crippen molar-refractivity contribution in [2.75, 3.05) is 4.72 Å². The summed E-state index contributed by atoms with van der Waals surface area (Å²) in [5, 5.41) is -0.0373. The summed E-state index contributed by atoms with van der Waals surface area (Å²) in [6.07, 6.45) is 0. The summed E-state index contributed by atoms with van der Waals surface area (Å²) < 4.78 is 67.6. The van der Waals surface area contributed by atoms with E-state index in [0.29, 0.717) is 0 Å². The average Bonchev–Trinajstić information content (AvgIpc) is 2.78. The third-order valence-corrected chi connectivity index (χ3v) is 6.83. The number of hydrogen-bond donors (Lipinski definition) is 1. The molecule has 2 aromatic carbocycles. The van der Waals surface area contributed by atoms with Gasteiger partial charge in [0.1, 0.15) is 16.5 Å². The maximum absolute atomic E-state index is 14.7. The van der Waals surface area contributed by atoms with Gasteiger partial charge in [0.05, 0.1) is 21.9 Å². The van der Waals surface area contributed by atoms with Gasteiger partial charge in [-0.2, -0.15) is 0 Å². The molecule has 0 aliphatic carbocycles. The molecule has 1 aliphatic heterocycles. The van der Waals surface area contributed by atoms with Crippen LogP contribution in [0.1, 0.15) is 27.7 Å². The van der Waals surface area contributed by atoms with E-state index < -0.39 is 45.7 Å². The molecule has 1 fully saturated rings. The van der Waals surface area contributed by atoms with Crippen molar-refractivity contribution in [2.24, 2.45) is 0 Å². The smallest absolute Gasteiger partial charge is 0.399 e. The maximum atomic E-state index is 14.7. The molecular weight excluding hydrogens is 411 g/mol. The molecule has 150 valence electrons. The van der Waals surface area contributed by atoms with Gasteiger partial charge in [-0.3, -0.25) is 4.72 Å². The molecule has 0 bridgehead atoms. The second kappa shape index (κ2) is 6.98. The molecule has 3 rings (SSSR count). The van der Waals surface area contributed by atoms with Gasteiger partial charge in [0.2, 0.25) is 0 Å². The van der Waals surface area contributed by atoms with E-state index in [1.165, 1.54) is 18.2 Å². The molecule has 28 heavy (non-hydrogen) atoms. The average molecular weight is 430 g/mol. The van der Waals surface area contributed by atoms with Crippen molar-refractivity contribution in [3.8, 4) is 0 Å². The van der Waals surface area contributed by atoms with E-state index in [4.69, 9.17) is 20.9 Å². The van der Waals surface area contributed by atoms with E-state index in [1.807, 2.05) is 4.72 Å². The van der Waals surface area contributed by atoms with Gasteiger partial charge in [-0.1, -0.05) is 23.7 Å². The van der Waals surface area contributed by atoms with Crippen LogP contribution in [0.5, 0.6) is 0 Å². The van der Waals surface area contributed by atoms with Crippen molar-refractivity contribution in [1.29, 1.82) is 0 Å². The first kappa shape index (κ1) is 21.0. The Kier molecular flexibility index (Phi) is 5.25. The molecule has 0 spiro atoms. The Bertz CT molecular complexity index is 1010. The van der Waals surface area contributed by atoms with Gasteiger partial charge >= 0.3 is 7.12 Å². The highest BCUT2D eigenvalue weighted by atomic mass is 35.5. The van der Waals surface area contributed by atoms with Gasteiger partial charge in [-0.25, -0.2) is 17.2 Å². The Hall–Kier alpha value is -1.68. The van der Waals surface area contributed by atoms with Crippen molar-refractivity contribution in [2.45, 2.75) is 43.8 Å². The topological polar surface area (TPSA) is 64.6 Å². The SMILES string of the molecule is CC1(C)OB(c2cc(F)c(NS(=O)(=O)c3ccccc3Cl)cc2F)OC1(C)C. The summed E-state index contributed by atoms with van der Waals surface area (Å²) in [7, 11) is -5.32. The second-order valence-corrected chi connectivity index (χ2v) is 9.54. The first-order valence-corrected chi connectivity index (χ1v) is 10.3. The van der Waals surface area contributed by atoms with Crippen molar-refractivity contribution in [3.63, 3.8) is 0 Å². The molecular formula is C18H19BClF2NO4S. The van der Waals surface area contributed by atoms with Crippen LogP contribution in [0.4, 0.5) is 14.5 Å². The molecule has 5 nitrogen and oxygen atoms in total. The van der Waals surface area contributed by atoms with Crippen LogP contribution in [-0.4, -0.2) is 26.7 Å². The molecule has 1 N–H and O–H groups in total. The molecule has 1 heterocycles. The molecule has 1 aliphatic rings. The quantitative estimate of drug-likeness (QED) is 0.753. The van der Waals surface area contributed by atoms with E-state index in [2.05, 4.69) is 0 Å². The Labute approximate surface area is 168 Å². The first-order valence-electron chi connectivity index (χ1n) is 8.46. The summed E-state index contributed by atoms with van der Waals surface area (Å²) in [5.41, 5.74) is -2.16. The lowest BCUT2D eigenvalue weighted by atomic mass is 9.78. The monoisotopic (exact) mass is 429 g/mol. The van der Waals surface area contributed by atoms with Crippen LogP contribution in [0, 0.1) is 11.6 Å². The van der Waals surface area contributed by atoms with E-state index in [0.717, 1.165) is 12.1 Å². The number of hydrogen-bond acceptors (Lipinski definition) is 4. The molecule has 2 aromatic rings. The van der Waals surface area contributed by atoms with Crippen molar-refractivity contribution in [3.05, 3.63) is 53.1 Å². The fourth-order valence-corrected chi connectivity index (χ4v) is 4.23. The number of nitrogens with one attached hydrogen (secondary N) is 1. The van der Waals surface area contributed by atoms with Crippen LogP contribution in [0.15, 0.2) is 41.3 Å². The van der Waals surface area contributed by atoms with Gasteiger partial charge in [0.25, 0.3) is 10.0 Å². The Balaban J connectivity index is 1.93. The number of halogens is 3. The molecule has 0 amide bonds. The molecule has 0 atom stereocenters. The highest BCUT2D eigenvalue weighted by Crippen LogP contribution is 2.37. The predicted octanol–water partition coefficient (Wildman–Crippen LogP) is 3.72. The largest absolute Gasteiger partial charge is 0.497 e. The van der Waals surface area contributed by atoms with Crippen molar-refractivity contribution < 1.29 is 26.5 Å². The summed E-state index contributed by atoms with van der Waals surface area (Å²) in [4.78, 5) is -0.244. The van der Waals surface area contributed by atoms with Crippen LogP contribution in [0.2, 0.25) is 5.02 Å². The lowest BCUT2D eigenvalue weighted by Gasteiger charge is -2.32. The molecule has 0 radical (unpaired) electrons. The van der Waals surface area contributed by atoms with Crippen LogP contribution in [0.25, 0.3) is 0 Å². The highest BCUT2D eigenvalue weighted by molar-refractivity contribution is 7.92. The summed E-state index contributed by atoms with van der Waals surface area (Å²) in [6, 6.07) is 7.29. The third kappa shape index (κ3) is 3.76.